The summed E-state index contributed by atoms with van der Waals surface area (Å²) in [6.45, 7) is 12.6. The van der Waals surface area contributed by atoms with Gasteiger partial charge in [-0.1, -0.05) is 88.1 Å². The van der Waals surface area contributed by atoms with Gasteiger partial charge in [0.15, 0.2) is 0 Å². The van der Waals surface area contributed by atoms with Crippen molar-refractivity contribution in [2.75, 3.05) is 0 Å². The Bertz CT molecular complexity index is 626. The van der Waals surface area contributed by atoms with Gasteiger partial charge in [-0.3, -0.25) is 0 Å². The van der Waals surface area contributed by atoms with Crippen LogP contribution in [0.15, 0.2) is 11.6 Å². The Morgan fingerprint density at radius 3 is 2.59 bits per heavy atom. The summed E-state index contributed by atoms with van der Waals surface area (Å²) in [7, 11) is 0. The van der Waals surface area contributed by atoms with Crippen LogP contribution in [0.1, 0.15) is 98.8 Å². The molecular formula is C27H45IO. The fraction of sp³-hybridized carbons (Fsp3) is 0.926. The van der Waals surface area contributed by atoms with E-state index in [1.165, 1.54) is 51.4 Å². The molecule has 0 bridgehead atoms. The van der Waals surface area contributed by atoms with Gasteiger partial charge in [-0.2, -0.15) is 0 Å². The third-order valence-corrected chi connectivity index (χ3v) is 12.1. The molecule has 0 spiro atoms. The van der Waals surface area contributed by atoms with Crippen molar-refractivity contribution in [3.63, 3.8) is 0 Å². The molecule has 4 aliphatic rings. The lowest BCUT2D eigenvalue weighted by Gasteiger charge is -2.59. The van der Waals surface area contributed by atoms with Crippen molar-refractivity contribution >= 4 is 22.6 Å². The molecule has 29 heavy (non-hydrogen) atoms. The van der Waals surface area contributed by atoms with Gasteiger partial charge in [0.05, 0.1) is 6.10 Å². The maximum absolute atomic E-state index is 10.4. The molecule has 0 radical (unpaired) electrons. The van der Waals surface area contributed by atoms with E-state index in [-0.39, 0.29) is 6.10 Å². The van der Waals surface area contributed by atoms with Crippen molar-refractivity contribution in [3.8, 4) is 0 Å². The molecule has 0 aromatic carbocycles. The van der Waals surface area contributed by atoms with Gasteiger partial charge in [-0.05, 0) is 85.9 Å². The molecule has 0 aliphatic heterocycles. The van der Waals surface area contributed by atoms with Gasteiger partial charge < -0.3 is 5.11 Å². The van der Waals surface area contributed by atoms with Crippen LogP contribution in [0.5, 0.6) is 0 Å². The second kappa shape index (κ2) is 8.41. The zero-order chi connectivity index (χ0) is 21.0. The number of aliphatic hydroxyl groups excluding tert-OH is 1. The van der Waals surface area contributed by atoms with Gasteiger partial charge in [0.25, 0.3) is 0 Å². The molecule has 3 saturated carbocycles. The molecule has 0 heterocycles. The summed E-state index contributed by atoms with van der Waals surface area (Å²) < 4.78 is 0.597. The minimum Gasteiger partial charge on any atom is -0.393 e. The summed E-state index contributed by atoms with van der Waals surface area (Å²) in [6.07, 6.45) is 15.8. The highest BCUT2D eigenvalue weighted by molar-refractivity contribution is 14.1. The van der Waals surface area contributed by atoms with Crippen LogP contribution in [0.25, 0.3) is 0 Å². The number of alkyl halides is 1. The summed E-state index contributed by atoms with van der Waals surface area (Å²) in [6, 6.07) is 0. The molecule has 4 aliphatic carbocycles. The molecular weight excluding hydrogens is 467 g/mol. The largest absolute Gasteiger partial charge is 0.393 e. The molecule has 2 heteroatoms. The molecule has 4 rings (SSSR count). The first-order valence-corrected chi connectivity index (χ1v) is 13.9. The van der Waals surface area contributed by atoms with E-state index in [0.717, 1.165) is 48.3 Å². The monoisotopic (exact) mass is 512 g/mol. The van der Waals surface area contributed by atoms with Gasteiger partial charge in [0.1, 0.15) is 0 Å². The summed E-state index contributed by atoms with van der Waals surface area (Å²) in [5.74, 6) is 5.37. The number of rotatable bonds is 5. The van der Waals surface area contributed by atoms with E-state index < -0.39 is 0 Å². The van der Waals surface area contributed by atoms with Gasteiger partial charge in [0, 0.05) is 9.34 Å². The quantitative estimate of drug-likeness (QED) is 0.226. The summed E-state index contributed by atoms with van der Waals surface area (Å²) >= 11 is 2.69. The third kappa shape index (κ3) is 3.79. The van der Waals surface area contributed by atoms with Crippen molar-refractivity contribution in [1.29, 1.82) is 0 Å². The van der Waals surface area contributed by atoms with E-state index >= 15 is 0 Å². The third-order valence-electron chi connectivity index (χ3n) is 10.3. The first kappa shape index (κ1) is 22.6. The minimum absolute atomic E-state index is 0.107. The van der Waals surface area contributed by atoms with Crippen molar-refractivity contribution in [1.82, 2.24) is 0 Å². The van der Waals surface area contributed by atoms with E-state index in [2.05, 4.69) is 63.3 Å². The molecule has 0 aromatic heterocycles. The average molecular weight is 513 g/mol. The standard InChI is InChI=1S/C27H45IO/c1-17(2)7-6-8-18(3)22-11-12-23-21-10-9-19-15-20(29)16-25(28)27(19,5)24(21)13-14-26(22,23)4/h9,17-18,20-25,29H,6-8,10-16H2,1-5H3/t18-,20-,21+,22-,23+,24+,25?,26-,27+/m1/s1. The predicted molar refractivity (Wildman–Crippen MR) is 132 cm³/mol. The Balaban J connectivity index is 1.52. The maximum Gasteiger partial charge on any atom is 0.0587 e. The fourth-order valence-corrected chi connectivity index (χ4v) is 10.1. The highest BCUT2D eigenvalue weighted by Crippen LogP contribution is 2.68. The van der Waals surface area contributed by atoms with Gasteiger partial charge in [-0.25, -0.2) is 0 Å². The normalized spacial score (nSPS) is 47.9. The summed E-state index contributed by atoms with van der Waals surface area (Å²) in [5.41, 5.74) is 2.53. The van der Waals surface area contributed by atoms with Crippen LogP contribution in [-0.4, -0.2) is 15.1 Å². The van der Waals surface area contributed by atoms with E-state index in [9.17, 15) is 5.11 Å². The van der Waals surface area contributed by atoms with Crippen molar-refractivity contribution in [2.45, 2.75) is 109 Å². The van der Waals surface area contributed by atoms with Crippen molar-refractivity contribution in [3.05, 3.63) is 11.6 Å². The molecule has 1 unspecified atom stereocenters. The maximum atomic E-state index is 10.4. The first-order valence-electron chi connectivity index (χ1n) is 12.7. The summed E-state index contributed by atoms with van der Waals surface area (Å²) in [5, 5.41) is 10.4. The van der Waals surface area contributed by atoms with Crippen LogP contribution in [0, 0.1) is 46.3 Å². The van der Waals surface area contributed by atoms with Gasteiger partial charge in [-0.15, -0.1) is 0 Å². The minimum atomic E-state index is -0.107. The summed E-state index contributed by atoms with van der Waals surface area (Å²) in [4.78, 5) is 0. The van der Waals surface area contributed by atoms with Crippen LogP contribution in [0.2, 0.25) is 0 Å². The lowest BCUT2D eigenvalue weighted by atomic mass is 9.47. The van der Waals surface area contributed by atoms with E-state index in [1.807, 2.05) is 0 Å². The van der Waals surface area contributed by atoms with Crippen molar-refractivity contribution in [2.24, 2.45) is 46.3 Å². The van der Waals surface area contributed by atoms with Crippen LogP contribution in [0.3, 0.4) is 0 Å². The molecule has 1 nitrogen and oxygen atoms in total. The van der Waals surface area contributed by atoms with E-state index in [0.29, 0.717) is 14.8 Å². The Morgan fingerprint density at radius 2 is 1.86 bits per heavy atom. The van der Waals surface area contributed by atoms with Gasteiger partial charge in [0.2, 0.25) is 0 Å². The highest BCUT2D eigenvalue weighted by Gasteiger charge is 2.60. The zero-order valence-corrected chi connectivity index (χ0v) is 21.7. The SMILES string of the molecule is CC(C)CCC[C@@H](C)[C@H]1CC[C@H]2[C@@H]3CC=C4C[C@@H](O)CC(I)[C@]4(C)[C@H]3CC[C@]12C. The molecule has 166 valence electrons. The van der Waals surface area contributed by atoms with Crippen LogP contribution in [-0.2, 0) is 0 Å². The molecule has 0 aromatic rings. The lowest BCUT2D eigenvalue weighted by Crippen LogP contribution is -2.54. The lowest BCUT2D eigenvalue weighted by molar-refractivity contribution is -0.0533. The molecule has 0 saturated heterocycles. The highest BCUT2D eigenvalue weighted by atomic mass is 127. The molecule has 0 amide bonds. The zero-order valence-electron chi connectivity index (χ0n) is 19.6. The smallest absolute Gasteiger partial charge is 0.0587 e. The number of halogens is 1. The Morgan fingerprint density at radius 1 is 1.10 bits per heavy atom. The number of allylic oxidation sites excluding steroid dienone is 1. The fourth-order valence-electron chi connectivity index (χ4n) is 8.68. The number of aliphatic hydroxyl groups is 1. The molecule has 9 atom stereocenters. The molecule has 3 fully saturated rings. The number of hydrogen-bond acceptors (Lipinski definition) is 1. The van der Waals surface area contributed by atoms with Gasteiger partial charge >= 0.3 is 0 Å². The second-order valence-corrected chi connectivity index (χ2v) is 13.7. The number of fused-ring (bicyclic) bond motifs is 5. The second-order valence-electron chi connectivity index (χ2n) is 12.2. The Kier molecular flexibility index (Phi) is 6.56. The van der Waals surface area contributed by atoms with Crippen LogP contribution in [0.4, 0.5) is 0 Å². The first-order chi connectivity index (χ1) is 13.7. The Labute approximate surface area is 194 Å². The average Bonchev–Trinajstić information content (AvgIpc) is 3.00. The predicted octanol–water partition coefficient (Wildman–Crippen LogP) is 7.80. The molecule has 1 N–H and O–H groups in total. The van der Waals surface area contributed by atoms with E-state index in [4.69, 9.17) is 0 Å². The number of hydrogen-bond donors (Lipinski definition) is 1. The topological polar surface area (TPSA) is 20.2 Å². The van der Waals surface area contributed by atoms with Crippen molar-refractivity contribution < 1.29 is 5.11 Å². The van der Waals surface area contributed by atoms with Crippen LogP contribution >= 0.6 is 22.6 Å². The Hall–Kier alpha value is 0.430. The van der Waals surface area contributed by atoms with E-state index in [1.54, 1.807) is 5.57 Å². The van der Waals surface area contributed by atoms with Crippen LogP contribution < -0.4 is 0 Å².